The molecule has 0 unspecified atom stereocenters. The summed E-state index contributed by atoms with van der Waals surface area (Å²) in [6, 6.07) is 16.6. The van der Waals surface area contributed by atoms with Crippen LogP contribution < -0.4 is 10.6 Å². The lowest BCUT2D eigenvalue weighted by molar-refractivity contribution is -0.114. The third-order valence-corrected chi connectivity index (χ3v) is 3.98. The van der Waals surface area contributed by atoms with Crippen molar-refractivity contribution in [3.05, 3.63) is 65.6 Å². The van der Waals surface area contributed by atoms with Gasteiger partial charge in [-0.25, -0.2) is 0 Å². The average Bonchev–Trinajstić information content (AvgIpc) is 2.49. The molecule has 0 bridgehead atoms. The molecule has 0 saturated heterocycles. The van der Waals surface area contributed by atoms with Gasteiger partial charge in [-0.2, -0.15) is 0 Å². The lowest BCUT2D eigenvalue weighted by Crippen LogP contribution is -2.19. The van der Waals surface area contributed by atoms with E-state index in [1.165, 1.54) is 17.8 Å². The van der Waals surface area contributed by atoms with E-state index in [4.69, 9.17) is 0 Å². The standard InChI is InChI=1S/C16H12N2O2S/c19-15(17-11-6-2-1-3-7-11)10-14-16(20)18-12-8-4-5-9-13(12)21-14/h1-10H,(H,17,19)(H,18,20)/b14-10+. The van der Waals surface area contributed by atoms with E-state index >= 15 is 0 Å². The van der Waals surface area contributed by atoms with Gasteiger partial charge in [0, 0.05) is 16.7 Å². The summed E-state index contributed by atoms with van der Waals surface area (Å²) in [7, 11) is 0. The fourth-order valence-electron chi connectivity index (χ4n) is 1.92. The first kappa shape index (κ1) is 13.5. The summed E-state index contributed by atoms with van der Waals surface area (Å²) in [4.78, 5) is 25.2. The van der Waals surface area contributed by atoms with Crippen LogP contribution in [0.2, 0.25) is 0 Å². The van der Waals surface area contributed by atoms with Gasteiger partial charge in [0.25, 0.3) is 5.91 Å². The highest BCUT2D eigenvalue weighted by atomic mass is 32.2. The molecule has 0 atom stereocenters. The maximum Gasteiger partial charge on any atom is 0.262 e. The van der Waals surface area contributed by atoms with Crippen LogP contribution in [0.3, 0.4) is 0 Å². The molecule has 4 nitrogen and oxygen atoms in total. The summed E-state index contributed by atoms with van der Waals surface area (Å²) in [5.41, 5.74) is 1.47. The second kappa shape index (κ2) is 5.85. The van der Waals surface area contributed by atoms with Crippen molar-refractivity contribution in [2.45, 2.75) is 4.90 Å². The molecule has 0 saturated carbocycles. The number of hydrogen-bond donors (Lipinski definition) is 2. The molecule has 2 aromatic carbocycles. The van der Waals surface area contributed by atoms with E-state index in [1.807, 2.05) is 42.5 Å². The van der Waals surface area contributed by atoms with Crippen molar-refractivity contribution in [3.63, 3.8) is 0 Å². The number of benzene rings is 2. The van der Waals surface area contributed by atoms with E-state index in [0.29, 0.717) is 10.6 Å². The first-order valence-electron chi connectivity index (χ1n) is 6.38. The summed E-state index contributed by atoms with van der Waals surface area (Å²) in [5.74, 6) is -0.583. The molecular weight excluding hydrogens is 284 g/mol. The fourth-order valence-corrected chi connectivity index (χ4v) is 2.84. The number of thioether (sulfide) groups is 1. The molecule has 0 radical (unpaired) electrons. The number of fused-ring (bicyclic) bond motifs is 1. The third-order valence-electron chi connectivity index (χ3n) is 2.88. The molecule has 1 aliphatic heterocycles. The van der Waals surface area contributed by atoms with Crippen LogP contribution in [0.4, 0.5) is 11.4 Å². The molecule has 5 heteroatoms. The second-order valence-corrected chi connectivity index (χ2v) is 5.50. The Morgan fingerprint density at radius 2 is 1.76 bits per heavy atom. The molecule has 2 N–H and O–H groups in total. The van der Waals surface area contributed by atoms with Gasteiger partial charge >= 0.3 is 0 Å². The summed E-state index contributed by atoms with van der Waals surface area (Å²) < 4.78 is 0. The molecule has 21 heavy (non-hydrogen) atoms. The largest absolute Gasteiger partial charge is 0.322 e. The van der Waals surface area contributed by atoms with Crippen LogP contribution in [0.5, 0.6) is 0 Å². The number of amides is 2. The predicted octanol–water partition coefficient (Wildman–Crippen LogP) is 3.25. The summed E-state index contributed by atoms with van der Waals surface area (Å²) in [5, 5.41) is 5.50. The van der Waals surface area contributed by atoms with Gasteiger partial charge in [0.05, 0.1) is 10.6 Å². The van der Waals surface area contributed by atoms with E-state index in [9.17, 15) is 9.59 Å². The Labute approximate surface area is 126 Å². The zero-order valence-electron chi connectivity index (χ0n) is 11.0. The van der Waals surface area contributed by atoms with Gasteiger partial charge in [0.2, 0.25) is 5.91 Å². The number of rotatable bonds is 2. The monoisotopic (exact) mass is 296 g/mol. The van der Waals surface area contributed by atoms with Crippen molar-refractivity contribution in [2.24, 2.45) is 0 Å². The van der Waals surface area contributed by atoms with Crippen LogP contribution in [0.25, 0.3) is 0 Å². The minimum atomic E-state index is -0.321. The van der Waals surface area contributed by atoms with Crippen LogP contribution in [-0.2, 0) is 9.59 Å². The quantitative estimate of drug-likeness (QED) is 0.836. The van der Waals surface area contributed by atoms with Gasteiger partial charge in [0.1, 0.15) is 0 Å². The van der Waals surface area contributed by atoms with Crippen molar-refractivity contribution in [1.29, 1.82) is 0 Å². The maximum absolute atomic E-state index is 12.0. The van der Waals surface area contributed by atoms with Crippen molar-refractivity contribution >= 4 is 35.0 Å². The topological polar surface area (TPSA) is 58.2 Å². The first-order chi connectivity index (χ1) is 10.2. The Balaban J connectivity index is 1.77. The Morgan fingerprint density at radius 3 is 2.57 bits per heavy atom. The Morgan fingerprint density at radius 1 is 1.05 bits per heavy atom. The zero-order chi connectivity index (χ0) is 14.7. The molecule has 0 aliphatic carbocycles. The Kier molecular flexibility index (Phi) is 3.75. The van der Waals surface area contributed by atoms with Gasteiger partial charge in [-0.15, -0.1) is 0 Å². The average molecular weight is 296 g/mol. The number of anilines is 2. The number of hydrogen-bond acceptors (Lipinski definition) is 3. The lowest BCUT2D eigenvalue weighted by atomic mass is 10.3. The minimum absolute atomic E-state index is 0.262. The summed E-state index contributed by atoms with van der Waals surface area (Å²) >= 11 is 1.29. The lowest BCUT2D eigenvalue weighted by Gasteiger charge is -2.17. The number of carbonyl (C=O) groups is 2. The normalized spacial score (nSPS) is 15.2. The molecule has 1 aliphatic rings. The van der Waals surface area contributed by atoms with Gasteiger partial charge in [-0.3, -0.25) is 9.59 Å². The summed E-state index contributed by atoms with van der Waals surface area (Å²) in [6.07, 6.45) is 1.32. The SMILES string of the molecule is O=C(/C=C1/Sc2ccccc2NC1=O)Nc1ccccc1. The Hall–Kier alpha value is -2.53. The molecule has 104 valence electrons. The number of carbonyl (C=O) groups excluding carboxylic acids is 2. The van der Waals surface area contributed by atoms with Crippen molar-refractivity contribution in [3.8, 4) is 0 Å². The van der Waals surface area contributed by atoms with Crippen LogP contribution in [0.1, 0.15) is 0 Å². The highest BCUT2D eigenvalue weighted by Crippen LogP contribution is 2.37. The molecule has 0 aromatic heterocycles. The Bertz CT molecular complexity index is 726. The highest BCUT2D eigenvalue weighted by molar-refractivity contribution is 8.04. The molecule has 2 aromatic rings. The van der Waals surface area contributed by atoms with Crippen molar-refractivity contribution < 1.29 is 9.59 Å². The van der Waals surface area contributed by atoms with Gasteiger partial charge in [-0.1, -0.05) is 42.1 Å². The molecule has 3 rings (SSSR count). The highest BCUT2D eigenvalue weighted by Gasteiger charge is 2.21. The second-order valence-electron chi connectivity index (χ2n) is 4.42. The van der Waals surface area contributed by atoms with E-state index in [2.05, 4.69) is 10.6 Å². The number of nitrogens with one attached hydrogen (secondary N) is 2. The fraction of sp³-hybridized carbons (Fsp3) is 0. The van der Waals surface area contributed by atoms with Crippen LogP contribution in [0, 0.1) is 0 Å². The maximum atomic E-state index is 12.0. The minimum Gasteiger partial charge on any atom is -0.322 e. The van der Waals surface area contributed by atoms with Gasteiger partial charge in [0.15, 0.2) is 0 Å². The molecule has 0 fully saturated rings. The van der Waals surface area contributed by atoms with E-state index in [0.717, 1.165) is 10.6 Å². The van der Waals surface area contributed by atoms with E-state index in [1.54, 1.807) is 12.1 Å². The van der Waals surface area contributed by atoms with Crippen molar-refractivity contribution in [2.75, 3.05) is 10.6 Å². The first-order valence-corrected chi connectivity index (χ1v) is 7.20. The van der Waals surface area contributed by atoms with Crippen LogP contribution >= 0.6 is 11.8 Å². The summed E-state index contributed by atoms with van der Waals surface area (Å²) in [6.45, 7) is 0. The molecule has 0 spiro atoms. The van der Waals surface area contributed by atoms with Gasteiger partial charge < -0.3 is 10.6 Å². The van der Waals surface area contributed by atoms with Crippen molar-refractivity contribution in [1.82, 2.24) is 0 Å². The van der Waals surface area contributed by atoms with Crippen LogP contribution in [-0.4, -0.2) is 11.8 Å². The van der Waals surface area contributed by atoms with Gasteiger partial charge in [-0.05, 0) is 24.3 Å². The third kappa shape index (κ3) is 3.14. The zero-order valence-corrected chi connectivity index (χ0v) is 11.8. The molecule has 2 amide bonds. The smallest absolute Gasteiger partial charge is 0.262 e. The molecule has 1 heterocycles. The van der Waals surface area contributed by atoms with E-state index < -0.39 is 0 Å². The predicted molar refractivity (Wildman–Crippen MR) is 84.1 cm³/mol. The van der Waals surface area contributed by atoms with E-state index in [-0.39, 0.29) is 11.8 Å². The number of para-hydroxylation sites is 2. The van der Waals surface area contributed by atoms with Crippen LogP contribution in [0.15, 0.2) is 70.5 Å². The molecular formula is C16H12N2O2S.